The summed E-state index contributed by atoms with van der Waals surface area (Å²) in [7, 11) is -2.78. The first-order valence-electron chi connectivity index (χ1n) is 3.69. The number of aliphatic hydroxyl groups excluding tert-OH is 2. The van der Waals surface area contributed by atoms with Gasteiger partial charge in [0.25, 0.3) is 0 Å². The molecule has 0 aromatic carbocycles. The van der Waals surface area contributed by atoms with Crippen molar-refractivity contribution in [2.45, 2.75) is 12.5 Å². The Balaban J connectivity index is 4.30. The van der Waals surface area contributed by atoms with Crippen LogP contribution in [-0.4, -0.2) is 39.2 Å². The normalized spacial score (nSPS) is 16.1. The fourth-order valence-electron chi connectivity index (χ4n) is 0.696. The topological polar surface area (TPSA) is 90.2 Å². The van der Waals surface area contributed by atoms with Crippen LogP contribution in [0.1, 0.15) is 0 Å². The standard InChI is InChI=1S/C7H12NO5P/c1-3-6(9)8(7(10)4-2)5-13-14(11)12/h3-4,6-7,9-10H,1-2,5H2/p+1. The third-order valence-electron chi connectivity index (χ3n) is 1.42. The molecule has 7 heteroatoms. The zero-order valence-electron chi connectivity index (χ0n) is 7.48. The van der Waals surface area contributed by atoms with Crippen molar-refractivity contribution < 1.29 is 24.2 Å². The lowest BCUT2D eigenvalue weighted by Gasteiger charge is -2.25. The Bertz CT molecular complexity index is 208. The van der Waals surface area contributed by atoms with Crippen LogP contribution in [0, 0.1) is 0 Å². The Morgan fingerprint density at radius 3 is 2.07 bits per heavy atom. The molecule has 0 aromatic rings. The van der Waals surface area contributed by atoms with E-state index in [1.807, 2.05) is 0 Å². The minimum atomic E-state index is -2.78. The molecule has 14 heavy (non-hydrogen) atoms. The zero-order valence-corrected chi connectivity index (χ0v) is 8.38. The first-order chi connectivity index (χ1) is 6.52. The second-order valence-electron chi connectivity index (χ2n) is 2.31. The highest BCUT2D eigenvalue weighted by molar-refractivity contribution is 7.32. The molecule has 0 saturated heterocycles. The van der Waals surface area contributed by atoms with Crippen LogP contribution in [0.2, 0.25) is 0 Å². The molecule has 0 rings (SSSR count). The van der Waals surface area contributed by atoms with Gasteiger partial charge in [0.2, 0.25) is 0 Å². The molecule has 0 radical (unpaired) electrons. The second kappa shape index (κ2) is 6.78. The van der Waals surface area contributed by atoms with Gasteiger partial charge in [-0.05, 0) is 12.2 Å². The summed E-state index contributed by atoms with van der Waals surface area (Å²) >= 11 is 0. The van der Waals surface area contributed by atoms with Crippen molar-refractivity contribution in [2.24, 2.45) is 0 Å². The highest BCUT2D eigenvalue weighted by Crippen LogP contribution is 2.16. The second-order valence-corrected chi connectivity index (χ2v) is 3.04. The lowest BCUT2D eigenvalue weighted by atomic mass is 10.4. The van der Waals surface area contributed by atoms with Gasteiger partial charge in [-0.3, -0.25) is 0 Å². The molecule has 0 heterocycles. The molecule has 0 fully saturated rings. The Kier molecular flexibility index (Phi) is 6.48. The van der Waals surface area contributed by atoms with E-state index in [-0.39, 0.29) is 0 Å². The van der Waals surface area contributed by atoms with Crippen molar-refractivity contribution in [3.63, 3.8) is 0 Å². The summed E-state index contributed by atoms with van der Waals surface area (Å²) in [5.41, 5.74) is 0. The number of hydrogen-bond acceptors (Lipinski definition) is 5. The fraction of sp³-hybridized carbons (Fsp3) is 0.429. The molecule has 0 aliphatic carbocycles. The fourth-order valence-corrected chi connectivity index (χ4v) is 0.928. The SMILES string of the molecule is C=CC(O)N(CO[P+](=O)O)C(O)C=C. The lowest BCUT2D eigenvalue weighted by Crippen LogP contribution is -2.42. The summed E-state index contributed by atoms with van der Waals surface area (Å²) < 4.78 is 14.5. The Labute approximate surface area is 82.7 Å². The molecule has 6 nitrogen and oxygen atoms in total. The lowest BCUT2D eigenvalue weighted by molar-refractivity contribution is -0.0908. The van der Waals surface area contributed by atoms with Crippen LogP contribution >= 0.6 is 8.25 Å². The van der Waals surface area contributed by atoms with Crippen LogP contribution in [0.3, 0.4) is 0 Å². The van der Waals surface area contributed by atoms with Gasteiger partial charge in [0, 0.05) is 4.57 Å². The third-order valence-corrected chi connectivity index (χ3v) is 1.75. The summed E-state index contributed by atoms with van der Waals surface area (Å²) in [6.45, 7) is 6.18. The van der Waals surface area contributed by atoms with E-state index in [9.17, 15) is 14.8 Å². The van der Waals surface area contributed by atoms with Crippen LogP contribution in [0.25, 0.3) is 0 Å². The molecule has 0 spiro atoms. The van der Waals surface area contributed by atoms with Crippen molar-refractivity contribution in [3.05, 3.63) is 25.3 Å². The van der Waals surface area contributed by atoms with Gasteiger partial charge in [-0.25, -0.2) is 4.90 Å². The average molecular weight is 222 g/mol. The van der Waals surface area contributed by atoms with Crippen molar-refractivity contribution >= 4 is 8.25 Å². The number of hydrogen-bond donors (Lipinski definition) is 3. The van der Waals surface area contributed by atoms with Crippen molar-refractivity contribution in [2.75, 3.05) is 6.73 Å². The van der Waals surface area contributed by atoms with E-state index in [2.05, 4.69) is 17.7 Å². The largest absolute Gasteiger partial charge is 0.696 e. The maximum atomic E-state index is 10.2. The Morgan fingerprint density at radius 2 is 1.79 bits per heavy atom. The van der Waals surface area contributed by atoms with Gasteiger partial charge in [-0.1, -0.05) is 13.2 Å². The monoisotopic (exact) mass is 222 g/mol. The summed E-state index contributed by atoms with van der Waals surface area (Å²) in [5.74, 6) is 0. The van der Waals surface area contributed by atoms with Crippen LogP contribution < -0.4 is 0 Å². The minimum Gasteiger partial charge on any atom is -0.375 e. The van der Waals surface area contributed by atoms with E-state index in [1.165, 1.54) is 0 Å². The zero-order chi connectivity index (χ0) is 11.1. The van der Waals surface area contributed by atoms with Crippen molar-refractivity contribution in [1.29, 1.82) is 0 Å². The maximum absolute atomic E-state index is 10.2. The molecule has 0 aromatic heterocycles. The van der Waals surface area contributed by atoms with E-state index >= 15 is 0 Å². The molecule has 3 atom stereocenters. The Hall–Kier alpha value is -0.620. The van der Waals surface area contributed by atoms with Gasteiger partial charge in [0.05, 0.1) is 0 Å². The van der Waals surface area contributed by atoms with Gasteiger partial charge in [-0.2, -0.15) is 0 Å². The predicted octanol–water partition coefficient (Wildman–Crippen LogP) is -0.0790. The molecular weight excluding hydrogens is 209 g/mol. The summed E-state index contributed by atoms with van der Waals surface area (Å²) in [5, 5.41) is 18.6. The summed E-state index contributed by atoms with van der Waals surface area (Å²) in [4.78, 5) is 9.33. The third kappa shape index (κ3) is 4.57. The maximum Gasteiger partial charge on any atom is 0.696 e. The highest BCUT2D eigenvalue weighted by atomic mass is 31.1. The van der Waals surface area contributed by atoms with E-state index in [0.29, 0.717) is 0 Å². The number of aliphatic hydroxyl groups is 2. The smallest absolute Gasteiger partial charge is 0.375 e. The molecular formula is C7H13NO5P+. The molecule has 0 saturated carbocycles. The molecule has 0 aliphatic heterocycles. The van der Waals surface area contributed by atoms with E-state index < -0.39 is 27.4 Å². The molecule has 0 aliphatic rings. The van der Waals surface area contributed by atoms with Crippen LogP contribution in [0.4, 0.5) is 0 Å². The van der Waals surface area contributed by atoms with Crippen LogP contribution in [0.15, 0.2) is 25.3 Å². The highest BCUT2D eigenvalue weighted by Gasteiger charge is 2.23. The van der Waals surface area contributed by atoms with Gasteiger partial charge in [0.1, 0.15) is 12.5 Å². The van der Waals surface area contributed by atoms with Gasteiger partial charge < -0.3 is 10.2 Å². The number of nitrogens with zero attached hydrogens (tertiary/aromatic N) is 1. The van der Waals surface area contributed by atoms with Crippen LogP contribution in [-0.2, 0) is 9.09 Å². The first kappa shape index (κ1) is 13.4. The summed E-state index contributed by atoms with van der Waals surface area (Å²) in [6, 6.07) is 0. The number of rotatable bonds is 7. The first-order valence-corrected chi connectivity index (χ1v) is 4.82. The van der Waals surface area contributed by atoms with Gasteiger partial charge in [0.15, 0.2) is 6.73 Å². The van der Waals surface area contributed by atoms with E-state index in [1.54, 1.807) is 0 Å². The molecule has 3 N–H and O–H groups in total. The summed E-state index contributed by atoms with van der Waals surface area (Å²) in [6.07, 6.45) is -0.0861. The van der Waals surface area contributed by atoms with Crippen molar-refractivity contribution in [3.8, 4) is 0 Å². The molecule has 0 amide bonds. The van der Waals surface area contributed by atoms with Gasteiger partial charge in [-0.15, -0.1) is 9.42 Å². The molecule has 80 valence electrons. The van der Waals surface area contributed by atoms with Gasteiger partial charge >= 0.3 is 8.25 Å². The Morgan fingerprint density at radius 1 is 1.36 bits per heavy atom. The molecule has 0 bridgehead atoms. The minimum absolute atomic E-state index is 0.411. The van der Waals surface area contributed by atoms with Crippen molar-refractivity contribution in [1.82, 2.24) is 4.90 Å². The average Bonchev–Trinajstić information content (AvgIpc) is 2.16. The van der Waals surface area contributed by atoms with E-state index in [4.69, 9.17) is 4.89 Å². The molecule has 3 unspecified atom stereocenters. The van der Waals surface area contributed by atoms with E-state index in [0.717, 1.165) is 17.1 Å². The quantitative estimate of drug-likeness (QED) is 0.317. The predicted molar refractivity (Wildman–Crippen MR) is 50.0 cm³/mol. The van der Waals surface area contributed by atoms with Crippen LogP contribution in [0.5, 0.6) is 0 Å².